The van der Waals surface area contributed by atoms with E-state index in [1.165, 1.54) is 0 Å². The van der Waals surface area contributed by atoms with E-state index in [4.69, 9.17) is 4.74 Å². The smallest absolute Gasteiger partial charge is 0.307 e. The zero-order valence-corrected chi connectivity index (χ0v) is 19.5. The summed E-state index contributed by atoms with van der Waals surface area (Å²) in [6, 6.07) is 29.5. The molecule has 2 bridgehead atoms. The van der Waals surface area contributed by atoms with Crippen LogP contribution in [0.15, 0.2) is 91.0 Å². The Balaban J connectivity index is 1.27. The predicted octanol–water partition coefficient (Wildman–Crippen LogP) is 5.45. The van der Waals surface area contributed by atoms with Crippen LogP contribution in [0.1, 0.15) is 46.9 Å². The summed E-state index contributed by atoms with van der Waals surface area (Å²) in [6.07, 6.45) is 2.18. The topological polar surface area (TPSA) is 43.4 Å². The molecule has 0 unspecified atom stereocenters. The second-order valence-corrected chi connectivity index (χ2v) is 9.91. The number of hydrogen-bond donors (Lipinski definition) is 0. The van der Waals surface area contributed by atoms with E-state index in [0.717, 1.165) is 53.6 Å². The molecule has 4 heteroatoms. The SMILES string of the molecule is O=C(C[C@H]1C[N+]2(CC(=O)c3ccccc3)CCC1CC2)OC(c1ccccc1)c1ccccc1. The van der Waals surface area contributed by atoms with Gasteiger partial charge in [-0.1, -0.05) is 91.0 Å². The van der Waals surface area contributed by atoms with Gasteiger partial charge >= 0.3 is 5.97 Å². The zero-order valence-electron chi connectivity index (χ0n) is 19.5. The van der Waals surface area contributed by atoms with Crippen LogP contribution in [0.2, 0.25) is 0 Å². The molecule has 6 rings (SSSR count). The van der Waals surface area contributed by atoms with Crippen LogP contribution in [0.5, 0.6) is 0 Å². The van der Waals surface area contributed by atoms with Crippen LogP contribution in [0, 0.1) is 11.8 Å². The quantitative estimate of drug-likeness (QED) is 0.258. The summed E-state index contributed by atoms with van der Waals surface area (Å²) in [4.78, 5) is 26.2. The van der Waals surface area contributed by atoms with Crippen LogP contribution < -0.4 is 0 Å². The number of piperidine rings is 3. The molecule has 0 saturated carbocycles. The summed E-state index contributed by atoms with van der Waals surface area (Å²) >= 11 is 0. The van der Waals surface area contributed by atoms with Crippen molar-refractivity contribution in [3.8, 4) is 0 Å². The van der Waals surface area contributed by atoms with Gasteiger partial charge in [-0.2, -0.15) is 0 Å². The lowest BCUT2D eigenvalue weighted by atomic mass is 9.75. The lowest BCUT2D eigenvalue weighted by Crippen LogP contribution is -2.63. The third-order valence-corrected chi connectivity index (χ3v) is 7.69. The Bertz CT molecular complexity index is 1070. The molecule has 3 fully saturated rings. The highest BCUT2D eigenvalue weighted by atomic mass is 16.5. The molecule has 0 amide bonds. The van der Waals surface area contributed by atoms with Gasteiger partial charge in [-0.05, 0) is 17.0 Å². The van der Waals surface area contributed by atoms with Crippen molar-refractivity contribution >= 4 is 11.8 Å². The molecular formula is C30H32NO3+. The van der Waals surface area contributed by atoms with Crippen LogP contribution >= 0.6 is 0 Å². The second kappa shape index (κ2) is 9.94. The van der Waals surface area contributed by atoms with Gasteiger partial charge in [0.2, 0.25) is 5.78 Å². The number of ketones is 1. The molecule has 3 aromatic carbocycles. The number of esters is 1. The third kappa shape index (κ3) is 4.97. The monoisotopic (exact) mass is 454 g/mol. The van der Waals surface area contributed by atoms with E-state index in [9.17, 15) is 9.59 Å². The molecule has 3 heterocycles. The predicted molar refractivity (Wildman–Crippen MR) is 132 cm³/mol. The van der Waals surface area contributed by atoms with Crippen LogP contribution in [0.3, 0.4) is 0 Å². The van der Waals surface area contributed by atoms with Gasteiger partial charge in [-0.15, -0.1) is 0 Å². The Hall–Kier alpha value is -3.24. The van der Waals surface area contributed by atoms with Crippen LogP contribution in [-0.2, 0) is 9.53 Å². The average molecular weight is 455 g/mol. The number of carbonyl (C=O) groups excluding carboxylic acids is 2. The van der Waals surface area contributed by atoms with Gasteiger partial charge in [0.15, 0.2) is 6.10 Å². The van der Waals surface area contributed by atoms with Gasteiger partial charge in [0.1, 0.15) is 6.54 Å². The van der Waals surface area contributed by atoms with Gasteiger partial charge in [0, 0.05) is 24.3 Å². The number of hydrogen-bond acceptors (Lipinski definition) is 3. The number of quaternary nitrogens is 1. The molecule has 0 N–H and O–H groups in total. The van der Waals surface area contributed by atoms with Crippen molar-refractivity contribution in [2.24, 2.45) is 11.8 Å². The van der Waals surface area contributed by atoms with Gasteiger partial charge in [-0.3, -0.25) is 9.59 Å². The van der Waals surface area contributed by atoms with Crippen molar-refractivity contribution in [1.82, 2.24) is 0 Å². The van der Waals surface area contributed by atoms with Crippen molar-refractivity contribution in [3.05, 3.63) is 108 Å². The third-order valence-electron chi connectivity index (χ3n) is 7.69. The summed E-state index contributed by atoms with van der Waals surface area (Å²) in [7, 11) is 0. The van der Waals surface area contributed by atoms with Crippen molar-refractivity contribution in [1.29, 1.82) is 0 Å². The van der Waals surface area contributed by atoms with E-state index < -0.39 is 6.10 Å². The summed E-state index contributed by atoms with van der Waals surface area (Å²) in [5.41, 5.74) is 2.74. The first-order valence-electron chi connectivity index (χ1n) is 12.3. The standard InChI is InChI=1S/C30H32NO3/c32-28(24-10-4-1-5-11-24)22-31-18-16-23(17-19-31)27(21-31)20-29(33)34-30(25-12-6-2-7-13-25)26-14-8-3-9-15-26/h1-15,23,27,30H,16-22H2/q+1/t23?,27-,31?/m0/s1. The highest BCUT2D eigenvalue weighted by Crippen LogP contribution is 2.40. The molecule has 34 heavy (non-hydrogen) atoms. The molecule has 3 aromatic rings. The van der Waals surface area contributed by atoms with Gasteiger partial charge in [0.25, 0.3) is 0 Å². The maximum atomic E-state index is 13.2. The molecule has 0 aromatic heterocycles. The Morgan fingerprint density at radius 1 is 0.794 bits per heavy atom. The van der Waals surface area contributed by atoms with Crippen LogP contribution in [0.4, 0.5) is 0 Å². The maximum absolute atomic E-state index is 13.2. The normalized spacial score (nSPS) is 23.6. The molecule has 3 aliphatic heterocycles. The van der Waals surface area contributed by atoms with E-state index in [2.05, 4.69) is 0 Å². The number of rotatable bonds is 8. The molecule has 1 atom stereocenters. The summed E-state index contributed by atoms with van der Waals surface area (Å²) in [5.74, 6) is 0.872. The number of carbonyl (C=O) groups is 2. The maximum Gasteiger partial charge on any atom is 0.307 e. The lowest BCUT2D eigenvalue weighted by molar-refractivity contribution is -0.939. The number of ether oxygens (including phenoxy) is 1. The Kier molecular flexibility index (Phi) is 6.59. The Morgan fingerprint density at radius 2 is 1.32 bits per heavy atom. The van der Waals surface area contributed by atoms with Crippen LogP contribution in [-0.4, -0.2) is 42.4 Å². The van der Waals surface area contributed by atoms with Crippen molar-refractivity contribution in [3.63, 3.8) is 0 Å². The van der Waals surface area contributed by atoms with E-state index >= 15 is 0 Å². The van der Waals surface area contributed by atoms with Crippen molar-refractivity contribution in [2.45, 2.75) is 25.4 Å². The zero-order chi connectivity index (χ0) is 23.4. The lowest BCUT2D eigenvalue weighted by Gasteiger charge is -2.52. The molecule has 174 valence electrons. The van der Waals surface area contributed by atoms with Gasteiger partial charge in [-0.25, -0.2) is 0 Å². The van der Waals surface area contributed by atoms with Crippen molar-refractivity contribution < 1.29 is 18.8 Å². The number of fused-ring (bicyclic) bond motifs is 3. The van der Waals surface area contributed by atoms with Gasteiger partial charge in [0.05, 0.1) is 26.1 Å². The summed E-state index contributed by atoms with van der Waals surface area (Å²) in [5, 5.41) is 0. The van der Waals surface area contributed by atoms with Crippen LogP contribution in [0.25, 0.3) is 0 Å². The summed E-state index contributed by atoms with van der Waals surface area (Å²) in [6.45, 7) is 3.48. The van der Waals surface area contributed by atoms with E-state index in [1.54, 1.807) is 0 Å². The van der Waals surface area contributed by atoms with Crippen molar-refractivity contribution in [2.75, 3.05) is 26.2 Å². The molecule has 0 spiro atoms. The second-order valence-electron chi connectivity index (χ2n) is 9.91. The first kappa shape index (κ1) is 22.5. The Morgan fingerprint density at radius 3 is 1.88 bits per heavy atom. The first-order chi connectivity index (χ1) is 16.6. The fourth-order valence-corrected chi connectivity index (χ4v) is 5.89. The highest BCUT2D eigenvalue weighted by Gasteiger charge is 2.47. The number of Topliss-reactive ketones (excluding diaryl/α,β-unsaturated/α-hetero) is 1. The van der Waals surface area contributed by atoms with E-state index in [1.807, 2.05) is 91.0 Å². The molecular weight excluding hydrogens is 422 g/mol. The minimum atomic E-state index is -0.404. The van der Waals surface area contributed by atoms with E-state index in [-0.39, 0.29) is 17.7 Å². The first-order valence-corrected chi connectivity index (χ1v) is 12.3. The fraction of sp³-hybridized carbons (Fsp3) is 0.333. The molecule has 4 nitrogen and oxygen atoms in total. The number of benzene rings is 3. The molecule has 0 radical (unpaired) electrons. The minimum absolute atomic E-state index is 0.149. The molecule has 3 aliphatic rings. The molecule has 3 saturated heterocycles. The average Bonchev–Trinajstić information content (AvgIpc) is 2.89. The molecule has 0 aliphatic carbocycles. The minimum Gasteiger partial charge on any atom is -0.453 e. The number of nitrogens with zero attached hydrogens (tertiary/aromatic N) is 1. The largest absolute Gasteiger partial charge is 0.453 e. The summed E-state index contributed by atoms with van der Waals surface area (Å²) < 4.78 is 6.91. The Labute approximate surface area is 201 Å². The highest BCUT2D eigenvalue weighted by molar-refractivity contribution is 5.96. The van der Waals surface area contributed by atoms with Gasteiger partial charge < -0.3 is 9.22 Å². The fourth-order valence-electron chi connectivity index (χ4n) is 5.89. The van der Waals surface area contributed by atoms with E-state index in [0.29, 0.717) is 18.9 Å².